The molecule has 26 heavy (non-hydrogen) atoms. The molecule has 1 amide bonds. The van der Waals surface area contributed by atoms with Crippen molar-refractivity contribution in [1.29, 1.82) is 0 Å². The van der Waals surface area contributed by atoms with Crippen LogP contribution in [-0.2, 0) is 9.59 Å². The van der Waals surface area contributed by atoms with Gasteiger partial charge in [-0.25, -0.2) is 4.39 Å². The first-order valence-electron chi connectivity index (χ1n) is 8.25. The van der Waals surface area contributed by atoms with Gasteiger partial charge in [-0.3, -0.25) is 9.59 Å². The van der Waals surface area contributed by atoms with E-state index in [4.69, 9.17) is 5.11 Å². The molecule has 1 heterocycles. The molecule has 1 unspecified atom stereocenters. The number of rotatable bonds is 5. The van der Waals surface area contributed by atoms with E-state index in [-0.39, 0.29) is 36.5 Å². The van der Waals surface area contributed by atoms with Crippen molar-refractivity contribution in [3.05, 3.63) is 77.1 Å². The van der Waals surface area contributed by atoms with Crippen molar-refractivity contribution < 1.29 is 24.2 Å². The van der Waals surface area contributed by atoms with E-state index in [0.717, 1.165) is 0 Å². The fourth-order valence-corrected chi connectivity index (χ4v) is 3.12. The van der Waals surface area contributed by atoms with Crippen LogP contribution in [0.2, 0.25) is 0 Å². The lowest BCUT2D eigenvalue weighted by Gasteiger charge is -2.25. The molecule has 0 saturated carbocycles. The van der Waals surface area contributed by atoms with E-state index in [1.807, 2.05) is 0 Å². The van der Waals surface area contributed by atoms with Crippen molar-refractivity contribution in [2.24, 2.45) is 0 Å². The standard InChI is InChI=1S/C20H18FNO4/c21-15-10-5-4-9-14(15)17-16(18(24)13-7-2-1-3-8-13)19(25)20(26)22(17)11-6-12-23/h1-5,7-10,17,23-24H,6,11-12H2/b18-16-. The van der Waals surface area contributed by atoms with E-state index >= 15 is 0 Å². The summed E-state index contributed by atoms with van der Waals surface area (Å²) in [6.07, 6.45) is 0.239. The van der Waals surface area contributed by atoms with Gasteiger partial charge in [-0.2, -0.15) is 0 Å². The summed E-state index contributed by atoms with van der Waals surface area (Å²) >= 11 is 0. The zero-order chi connectivity index (χ0) is 18.7. The first-order valence-corrected chi connectivity index (χ1v) is 8.25. The summed E-state index contributed by atoms with van der Waals surface area (Å²) in [4.78, 5) is 26.3. The molecule has 1 aliphatic rings. The molecule has 1 atom stereocenters. The van der Waals surface area contributed by atoms with E-state index in [9.17, 15) is 19.1 Å². The van der Waals surface area contributed by atoms with Crippen molar-refractivity contribution in [1.82, 2.24) is 4.90 Å². The largest absolute Gasteiger partial charge is 0.507 e. The molecule has 5 nitrogen and oxygen atoms in total. The Balaban J connectivity index is 2.19. The number of aliphatic hydroxyl groups excluding tert-OH is 2. The molecule has 0 bridgehead atoms. The molecule has 134 valence electrons. The molecule has 0 spiro atoms. The smallest absolute Gasteiger partial charge is 0.295 e. The summed E-state index contributed by atoms with van der Waals surface area (Å²) in [7, 11) is 0. The molecule has 2 aromatic rings. The van der Waals surface area contributed by atoms with Crippen molar-refractivity contribution >= 4 is 17.4 Å². The maximum atomic E-state index is 14.4. The molecule has 1 fully saturated rings. The maximum absolute atomic E-state index is 14.4. The Morgan fingerprint density at radius 3 is 2.35 bits per heavy atom. The van der Waals surface area contributed by atoms with Gasteiger partial charge in [0.25, 0.3) is 11.7 Å². The van der Waals surface area contributed by atoms with Crippen LogP contribution >= 0.6 is 0 Å². The lowest BCUT2D eigenvalue weighted by atomic mass is 9.95. The molecule has 6 heteroatoms. The molecule has 3 rings (SSSR count). The van der Waals surface area contributed by atoms with Crippen LogP contribution < -0.4 is 0 Å². The second kappa shape index (κ2) is 7.49. The molecule has 1 saturated heterocycles. The lowest BCUT2D eigenvalue weighted by molar-refractivity contribution is -0.140. The Labute approximate surface area is 150 Å². The maximum Gasteiger partial charge on any atom is 0.295 e. The van der Waals surface area contributed by atoms with E-state index in [2.05, 4.69) is 0 Å². The van der Waals surface area contributed by atoms with Gasteiger partial charge < -0.3 is 15.1 Å². The number of likely N-dealkylation sites (tertiary alicyclic amines) is 1. The SMILES string of the molecule is O=C1C(=O)N(CCCO)C(c2ccccc2F)/C1=C(/O)c1ccccc1. The first-order chi connectivity index (χ1) is 12.6. The molecule has 2 N–H and O–H groups in total. The Bertz CT molecular complexity index is 863. The summed E-state index contributed by atoms with van der Waals surface area (Å²) in [6, 6.07) is 13.1. The topological polar surface area (TPSA) is 77.8 Å². The summed E-state index contributed by atoms with van der Waals surface area (Å²) in [6.45, 7) is -0.0999. The van der Waals surface area contributed by atoms with Crippen molar-refractivity contribution in [3.63, 3.8) is 0 Å². The van der Waals surface area contributed by atoms with E-state index in [1.165, 1.54) is 23.1 Å². The summed E-state index contributed by atoms with van der Waals surface area (Å²) < 4.78 is 14.4. The number of Topliss-reactive ketones (excluding diaryl/α,β-unsaturated/α-hetero) is 1. The first kappa shape index (κ1) is 17.8. The second-order valence-electron chi connectivity index (χ2n) is 5.96. The van der Waals surface area contributed by atoms with Crippen LogP contribution in [0.1, 0.15) is 23.6 Å². The number of ketones is 1. The highest BCUT2D eigenvalue weighted by Gasteiger charge is 2.46. The Kier molecular flexibility index (Phi) is 5.14. The van der Waals surface area contributed by atoms with Crippen molar-refractivity contribution in [3.8, 4) is 0 Å². The van der Waals surface area contributed by atoms with Gasteiger partial charge >= 0.3 is 0 Å². The number of aliphatic hydroxyl groups is 2. The van der Waals surface area contributed by atoms with Crippen LogP contribution in [0.5, 0.6) is 0 Å². The lowest BCUT2D eigenvalue weighted by Crippen LogP contribution is -2.31. The van der Waals surface area contributed by atoms with Crippen LogP contribution in [0.25, 0.3) is 5.76 Å². The van der Waals surface area contributed by atoms with Gasteiger partial charge in [-0.1, -0.05) is 48.5 Å². The minimum absolute atomic E-state index is 0.0750. The average Bonchev–Trinajstić information content (AvgIpc) is 2.91. The van der Waals surface area contributed by atoms with Crippen molar-refractivity contribution in [2.45, 2.75) is 12.5 Å². The van der Waals surface area contributed by atoms with E-state index in [0.29, 0.717) is 5.56 Å². The zero-order valence-electron chi connectivity index (χ0n) is 13.9. The van der Waals surface area contributed by atoms with Crippen molar-refractivity contribution in [2.75, 3.05) is 13.2 Å². The van der Waals surface area contributed by atoms with Gasteiger partial charge in [-0.15, -0.1) is 0 Å². The van der Waals surface area contributed by atoms with Crippen LogP contribution in [0, 0.1) is 5.82 Å². The number of halogens is 1. The Hall–Kier alpha value is -2.99. The Morgan fingerprint density at radius 1 is 1.04 bits per heavy atom. The number of carbonyl (C=O) groups is 2. The van der Waals surface area contributed by atoms with Gasteiger partial charge in [0.1, 0.15) is 11.6 Å². The molecule has 0 radical (unpaired) electrons. The number of carbonyl (C=O) groups excluding carboxylic acids is 2. The normalized spacial score (nSPS) is 19.2. The molecular formula is C20H18FNO4. The van der Waals surface area contributed by atoms with Crippen LogP contribution in [0.15, 0.2) is 60.2 Å². The fourth-order valence-electron chi connectivity index (χ4n) is 3.12. The van der Waals surface area contributed by atoms with Crippen LogP contribution in [0.3, 0.4) is 0 Å². The van der Waals surface area contributed by atoms with Gasteiger partial charge in [0.2, 0.25) is 0 Å². The molecule has 0 aliphatic carbocycles. The van der Waals surface area contributed by atoms with Gasteiger partial charge in [0.05, 0.1) is 11.6 Å². The predicted molar refractivity (Wildman–Crippen MR) is 93.6 cm³/mol. The van der Waals surface area contributed by atoms with Gasteiger partial charge in [-0.05, 0) is 12.5 Å². The minimum Gasteiger partial charge on any atom is -0.507 e. The zero-order valence-corrected chi connectivity index (χ0v) is 13.9. The number of benzene rings is 2. The third-order valence-corrected chi connectivity index (χ3v) is 4.34. The number of hydrogen-bond acceptors (Lipinski definition) is 4. The highest BCUT2D eigenvalue weighted by molar-refractivity contribution is 6.46. The van der Waals surface area contributed by atoms with E-state index in [1.54, 1.807) is 36.4 Å². The minimum atomic E-state index is -1.04. The predicted octanol–water partition coefficient (Wildman–Crippen LogP) is 2.63. The molecule has 2 aromatic carbocycles. The number of amides is 1. The fraction of sp³-hybridized carbons (Fsp3) is 0.200. The summed E-state index contributed by atoms with van der Waals surface area (Å²) in [5.74, 6) is -2.60. The molecular weight excluding hydrogens is 337 g/mol. The van der Waals surface area contributed by atoms with Gasteiger partial charge in [0, 0.05) is 24.3 Å². The third kappa shape index (κ3) is 3.11. The quantitative estimate of drug-likeness (QED) is 0.491. The Morgan fingerprint density at radius 2 is 1.69 bits per heavy atom. The summed E-state index contributed by atoms with van der Waals surface area (Å²) in [5, 5.41) is 19.8. The number of nitrogens with zero attached hydrogens (tertiary/aromatic N) is 1. The van der Waals surface area contributed by atoms with Crippen LogP contribution in [-0.4, -0.2) is 40.0 Å². The molecule has 1 aliphatic heterocycles. The average molecular weight is 355 g/mol. The van der Waals surface area contributed by atoms with Gasteiger partial charge in [0.15, 0.2) is 0 Å². The third-order valence-electron chi connectivity index (χ3n) is 4.34. The molecule has 0 aromatic heterocycles. The summed E-state index contributed by atoms with van der Waals surface area (Å²) in [5.41, 5.74) is 0.348. The number of hydrogen-bond donors (Lipinski definition) is 2. The second-order valence-corrected chi connectivity index (χ2v) is 5.96. The van der Waals surface area contributed by atoms with Crippen LogP contribution in [0.4, 0.5) is 4.39 Å². The highest BCUT2D eigenvalue weighted by Crippen LogP contribution is 2.40. The monoisotopic (exact) mass is 355 g/mol. The van der Waals surface area contributed by atoms with E-state index < -0.39 is 23.5 Å². The highest BCUT2D eigenvalue weighted by atomic mass is 19.1.